The third kappa shape index (κ3) is 3.03. The van der Waals surface area contributed by atoms with Crippen LogP contribution in [-0.2, 0) is 4.74 Å². The zero-order valence-electron chi connectivity index (χ0n) is 14.9. The maximum Gasteiger partial charge on any atom is 0.263 e. The molecule has 26 heavy (non-hydrogen) atoms. The van der Waals surface area contributed by atoms with Crippen molar-refractivity contribution in [3.05, 3.63) is 44.3 Å². The van der Waals surface area contributed by atoms with Gasteiger partial charge in [-0.3, -0.25) is 9.78 Å². The molecule has 8 heteroatoms. The number of nitrogens with zero attached hydrogens (tertiary/aromatic N) is 4. The highest BCUT2D eigenvalue weighted by Crippen LogP contribution is 2.25. The van der Waals surface area contributed by atoms with E-state index in [9.17, 15) is 4.79 Å². The van der Waals surface area contributed by atoms with E-state index in [1.165, 1.54) is 0 Å². The van der Waals surface area contributed by atoms with Gasteiger partial charge in [-0.15, -0.1) is 5.10 Å². The van der Waals surface area contributed by atoms with Crippen molar-refractivity contribution in [1.29, 1.82) is 0 Å². The summed E-state index contributed by atoms with van der Waals surface area (Å²) in [7, 11) is 0. The Morgan fingerprint density at radius 2 is 2.04 bits per heavy atom. The predicted octanol–water partition coefficient (Wildman–Crippen LogP) is 2.71. The minimum atomic E-state index is -0.178. The lowest BCUT2D eigenvalue weighted by Crippen LogP contribution is -2.42. The lowest BCUT2D eigenvalue weighted by Gasteiger charge is -2.31. The molecule has 0 radical (unpaired) electrons. The van der Waals surface area contributed by atoms with Gasteiger partial charge < -0.3 is 9.64 Å². The average molecular weight is 418 g/mol. The van der Waals surface area contributed by atoms with E-state index in [0.717, 1.165) is 21.3 Å². The number of aryl methyl sites for hydroxylation is 2. The smallest absolute Gasteiger partial charge is 0.263 e. The second-order valence-electron chi connectivity index (χ2n) is 6.72. The summed E-state index contributed by atoms with van der Waals surface area (Å²) in [6.07, 6.45) is 1.85. The fourth-order valence-corrected chi connectivity index (χ4v) is 4.13. The zero-order valence-corrected chi connectivity index (χ0v) is 16.5. The third-order valence-corrected chi connectivity index (χ3v) is 5.06. The van der Waals surface area contributed by atoms with Crippen LogP contribution < -0.4 is 10.5 Å². The lowest BCUT2D eigenvalue weighted by atomic mass is 10.1. The summed E-state index contributed by atoms with van der Waals surface area (Å²) in [5.41, 5.74) is 3.38. The van der Waals surface area contributed by atoms with Crippen LogP contribution in [0.2, 0.25) is 0 Å². The molecular weight excluding hydrogens is 398 g/mol. The fourth-order valence-electron chi connectivity index (χ4n) is 3.44. The molecule has 136 valence electrons. The molecule has 1 saturated heterocycles. The number of fused-ring (bicyclic) bond motifs is 1. The van der Waals surface area contributed by atoms with Gasteiger partial charge in [0.2, 0.25) is 5.95 Å². The van der Waals surface area contributed by atoms with Crippen molar-refractivity contribution in [2.45, 2.75) is 26.9 Å². The molecule has 1 aliphatic heterocycles. The highest BCUT2D eigenvalue weighted by molar-refractivity contribution is 9.10. The van der Waals surface area contributed by atoms with Crippen LogP contribution in [0.25, 0.3) is 16.7 Å². The molecule has 0 spiro atoms. The van der Waals surface area contributed by atoms with Gasteiger partial charge in [-0.05, 0) is 44.0 Å². The van der Waals surface area contributed by atoms with Crippen molar-refractivity contribution in [2.24, 2.45) is 0 Å². The van der Waals surface area contributed by atoms with Crippen LogP contribution in [0.1, 0.15) is 18.1 Å². The first kappa shape index (κ1) is 17.2. The Morgan fingerprint density at radius 1 is 1.31 bits per heavy atom. The van der Waals surface area contributed by atoms with Crippen molar-refractivity contribution in [1.82, 2.24) is 19.7 Å². The highest BCUT2D eigenvalue weighted by atomic mass is 79.9. The number of hydrogen-bond donors (Lipinski definition) is 1. The summed E-state index contributed by atoms with van der Waals surface area (Å²) in [5.74, 6) is 0.548. The molecule has 0 saturated carbocycles. The maximum atomic E-state index is 12.6. The van der Waals surface area contributed by atoms with Crippen LogP contribution in [0, 0.1) is 13.8 Å². The highest BCUT2D eigenvalue weighted by Gasteiger charge is 2.20. The average Bonchev–Trinajstić information content (AvgIpc) is 2.98. The Balaban J connectivity index is 1.81. The molecule has 7 nitrogen and oxygen atoms in total. The van der Waals surface area contributed by atoms with E-state index in [2.05, 4.69) is 31.0 Å². The standard InChI is InChI=1S/C18H20BrN5O2/c1-10-6-13(19)7-11(2)15(10)24-9-14-16(22-24)20-18(21-17(14)25)23-4-5-26-12(3)8-23/h6-7,9,12H,4-5,8H2,1-3H3,(H,20,21,22,25)/t12-/m0/s1. The number of H-pyrrole nitrogens is 1. The summed E-state index contributed by atoms with van der Waals surface area (Å²) in [4.78, 5) is 22.1. The Kier molecular flexibility index (Phi) is 4.32. The van der Waals surface area contributed by atoms with Gasteiger partial charge in [0, 0.05) is 23.8 Å². The number of aromatic nitrogens is 4. The molecule has 1 atom stereocenters. The van der Waals surface area contributed by atoms with Crippen molar-refractivity contribution in [3.63, 3.8) is 0 Å². The maximum absolute atomic E-state index is 12.6. The Labute approximate surface area is 159 Å². The summed E-state index contributed by atoms with van der Waals surface area (Å²) >= 11 is 3.51. The lowest BCUT2D eigenvalue weighted by molar-refractivity contribution is 0.0526. The Morgan fingerprint density at radius 3 is 2.73 bits per heavy atom. The molecule has 3 heterocycles. The minimum Gasteiger partial charge on any atom is -0.375 e. The molecule has 1 N–H and O–H groups in total. The number of hydrogen-bond acceptors (Lipinski definition) is 5. The summed E-state index contributed by atoms with van der Waals surface area (Å²) in [6, 6.07) is 4.07. The number of anilines is 1. The van der Waals surface area contributed by atoms with Crippen LogP contribution >= 0.6 is 15.9 Å². The molecule has 1 fully saturated rings. The largest absolute Gasteiger partial charge is 0.375 e. The molecule has 1 aliphatic rings. The van der Waals surface area contributed by atoms with Crippen molar-refractivity contribution >= 4 is 32.9 Å². The van der Waals surface area contributed by atoms with Gasteiger partial charge >= 0.3 is 0 Å². The van der Waals surface area contributed by atoms with Crippen LogP contribution in [0.5, 0.6) is 0 Å². The van der Waals surface area contributed by atoms with Gasteiger partial charge in [0.05, 0.1) is 18.4 Å². The number of ether oxygens (including phenoxy) is 1. The van der Waals surface area contributed by atoms with E-state index in [-0.39, 0.29) is 11.7 Å². The molecule has 1 aromatic carbocycles. The second-order valence-corrected chi connectivity index (χ2v) is 7.63. The molecular formula is C18H20BrN5O2. The SMILES string of the molecule is Cc1cc(Br)cc(C)c1-n1cc2c(=O)[nH]c(N3CCO[C@@H](C)C3)nc2n1. The quantitative estimate of drug-likeness (QED) is 0.693. The van der Waals surface area contributed by atoms with E-state index >= 15 is 0 Å². The molecule has 0 aliphatic carbocycles. The second kappa shape index (κ2) is 6.51. The van der Waals surface area contributed by atoms with Crippen molar-refractivity contribution < 1.29 is 4.74 Å². The fraction of sp³-hybridized carbons (Fsp3) is 0.389. The summed E-state index contributed by atoms with van der Waals surface area (Å²) in [6.45, 7) is 8.07. The first-order valence-corrected chi connectivity index (χ1v) is 9.35. The summed E-state index contributed by atoms with van der Waals surface area (Å²) in [5, 5.41) is 5.07. The van der Waals surface area contributed by atoms with E-state index in [1.807, 2.05) is 37.8 Å². The van der Waals surface area contributed by atoms with Gasteiger partial charge in [-0.25, -0.2) is 4.68 Å². The molecule has 2 aromatic heterocycles. The Hall–Kier alpha value is -2.19. The van der Waals surface area contributed by atoms with Crippen molar-refractivity contribution in [2.75, 3.05) is 24.6 Å². The zero-order chi connectivity index (χ0) is 18.4. The molecule has 0 unspecified atom stereocenters. The summed E-state index contributed by atoms with van der Waals surface area (Å²) < 4.78 is 8.33. The number of aromatic amines is 1. The normalized spacial score (nSPS) is 17.8. The molecule has 0 bridgehead atoms. The first-order chi connectivity index (χ1) is 12.4. The van der Waals surface area contributed by atoms with E-state index in [1.54, 1.807) is 10.9 Å². The van der Waals surface area contributed by atoms with Gasteiger partial charge in [0.1, 0.15) is 5.39 Å². The number of nitrogens with one attached hydrogen (secondary N) is 1. The topological polar surface area (TPSA) is 76.0 Å². The van der Waals surface area contributed by atoms with Crippen LogP contribution in [-0.4, -0.2) is 45.5 Å². The minimum absolute atomic E-state index is 0.107. The van der Waals surface area contributed by atoms with Gasteiger partial charge in [0.25, 0.3) is 5.56 Å². The van der Waals surface area contributed by atoms with Crippen LogP contribution in [0.4, 0.5) is 5.95 Å². The van der Waals surface area contributed by atoms with E-state index in [4.69, 9.17) is 4.74 Å². The number of rotatable bonds is 2. The van der Waals surface area contributed by atoms with Gasteiger partial charge in [-0.1, -0.05) is 15.9 Å². The monoisotopic (exact) mass is 417 g/mol. The van der Waals surface area contributed by atoms with Crippen LogP contribution in [0.3, 0.4) is 0 Å². The molecule has 0 amide bonds. The molecule has 3 aromatic rings. The third-order valence-electron chi connectivity index (χ3n) is 4.60. The Bertz CT molecular complexity index is 1020. The number of morpholine rings is 1. The van der Waals surface area contributed by atoms with E-state index < -0.39 is 0 Å². The van der Waals surface area contributed by atoms with Crippen molar-refractivity contribution in [3.8, 4) is 5.69 Å². The predicted molar refractivity (Wildman–Crippen MR) is 104 cm³/mol. The first-order valence-electron chi connectivity index (χ1n) is 8.56. The van der Waals surface area contributed by atoms with Gasteiger partial charge in [-0.2, -0.15) is 4.98 Å². The van der Waals surface area contributed by atoms with E-state index in [0.29, 0.717) is 36.7 Å². The number of benzene rings is 1. The molecule has 4 rings (SSSR count). The number of halogens is 1. The van der Waals surface area contributed by atoms with Crippen LogP contribution in [0.15, 0.2) is 27.6 Å². The van der Waals surface area contributed by atoms with Gasteiger partial charge in [0.15, 0.2) is 5.65 Å².